The van der Waals surface area contributed by atoms with Crippen molar-refractivity contribution in [1.29, 1.82) is 0 Å². The van der Waals surface area contributed by atoms with E-state index in [1.807, 2.05) is 20.8 Å². The number of nitrogens with two attached hydrogens (primary N) is 1. The van der Waals surface area contributed by atoms with Gasteiger partial charge in [0.05, 0.1) is 18.2 Å². The number of amides is 1. The molecule has 8 heteroatoms. The summed E-state index contributed by atoms with van der Waals surface area (Å²) in [6, 6.07) is -1.97. The van der Waals surface area contributed by atoms with Crippen LogP contribution in [0.4, 0.5) is 0 Å². The molecule has 0 radical (unpaired) electrons. The Morgan fingerprint density at radius 3 is 1.79 bits per heavy atom. The highest BCUT2D eigenvalue weighted by atomic mass is 16.6. The molecule has 0 bridgehead atoms. The van der Waals surface area contributed by atoms with Crippen LogP contribution in [-0.4, -0.2) is 53.3 Å². The van der Waals surface area contributed by atoms with Crippen molar-refractivity contribution in [1.82, 2.24) is 5.32 Å². The van der Waals surface area contributed by atoms with E-state index in [0.717, 1.165) is 0 Å². The molecule has 0 aromatic rings. The van der Waals surface area contributed by atoms with Crippen LogP contribution in [0.5, 0.6) is 0 Å². The first-order chi connectivity index (χ1) is 12.4. The largest absolute Gasteiger partial charge is 0.460 e. The summed E-state index contributed by atoms with van der Waals surface area (Å²) in [6.07, 6.45) is 0.101. The minimum atomic E-state index is -1.00. The van der Waals surface area contributed by atoms with E-state index < -0.39 is 46.7 Å². The molecule has 8 nitrogen and oxygen atoms in total. The molecule has 0 aromatic heterocycles. The Bertz CT molecular complexity index is 540. The topological polar surface area (TPSA) is 117 Å². The molecule has 0 aliphatic rings. The first kappa shape index (κ1) is 26.3. The highest BCUT2D eigenvalue weighted by Crippen LogP contribution is 2.13. The number of rotatable bonds is 8. The SMILES string of the molecule is CC(C)(C)OC[C@H](NC(=O)[C@@H](N)CCC(=O)OC(C)(C)C)C(=O)OC(C)(C)C. The van der Waals surface area contributed by atoms with Gasteiger partial charge < -0.3 is 25.3 Å². The van der Waals surface area contributed by atoms with Gasteiger partial charge in [-0.25, -0.2) is 4.79 Å². The Balaban J connectivity index is 4.87. The van der Waals surface area contributed by atoms with Crippen molar-refractivity contribution < 1.29 is 28.6 Å². The summed E-state index contributed by atoms with van der Waals surface area (Å²) in [6.45, 7) is 16.0. The molecule has 2 atom stereocenters. The van der Waals surface area contributed by atoms with E-state index in [4.69, 9.17) is 19.9 Å². The Kier molecular flexibility index (Phi) is 9.60. The molecule has 0 aromatic carbocycles. The molecule has 0 aliphatic heterocycles. The molecule has 0 rings (SSSR count). The van der Waals surface area contributed by atoms with Gasteiger partial charge in [-0.05, 0) is 68.7 Å². The number of ether oxygens (including phenoxy) is 3. The van der Waals surface area contributed by atoms with Gasteiger partial charge in [0.1, 0.15) is 11.2 Å². The molecule has 0 spiro atoms. The zero-order valence-electron chi connectivity index (χ0n) is 18.8. The van der Waals surface area contributed by atoms with Crippen molar-refractivity contribution in [2.45, 2.75) is 104 Å². The average Bonchev–Trinajstić information content (AvgIpc) is 2.44. The fourth-order valence-electron chi connectivity index (χ4n) is 1.95. The van der Waals surface area contributed by atoms with Gasteiger partial charge in [0.25, 0.3) is 0 Å². The van der Waals surface area contributed by atoms with Crippen molar-refractivity contribution in [2.24, 2.45) is 5.73 Å². The number of carbonyl (C=O) groups is 3. The van der Waals surface area contributed by atoms with Crippen LogP contribution in [0, 0.1) is 0 Å². The molecule has 3 N–H and O–H groups in total. The summed E-state index contributed by atoms with van der Waals surface area (Å²) in [4.78, 5) is 36.6. The lowest BCUT2D eigenvalue weighted by Gasteiger charge is -2.28. The van der Waals surface area contributed by atoms with Gasteiger partial charge in [0, 0.05) is 6.42 Å². The molecule has 0 unspecified atom stereocenters. The quantitative estimate of drug-likeness (QED) is 0.597. The maximum atomic E-state index is 12.4. The summed E-state index contributed by atoms with van der Waals surface area (Å²) in [7, 11) is 0. The average molecular weight is 403 g/mol. The number of hydrogen-bond donors (Lipinski definition) is 2. The Hall–Kier alpha value is -1.67. The molecule has 164 valence electrons. The zero-order valence-corrected chi connectivity index (χ0v) is 18.8. The second kappa shape index (κ2) is 10.2. The monoisotopic (exact) mass is 402 g/mol. The van der Waals surface area contributed by atoms with Crippen LogP contribution in [0.25, 0.3) is 0 Å². The van der Waals surface area contributed by atoms with Crippen LogP contribution >= 0.6 is 0 Å². The maximum Gasteiger partial charge on any atom is 0.331 e. The molecule has 0 aliphatic carbocycles. The highest BCUT2D eigenvalue weighted by molar-refractivity contribution is 5.88. The first-order valence-electron chi connectivity index (χ1n) is 9.54. The molecule has 0 fully saturated rings. The number of nitrogens with one attached hydrogen (secondary N) is 1. The predicted octanol–water partition coefficient (Wildman–Crippen LogP) is 2.08. The summed E-state index contributed by atoms with van der Waals surface area (Å²) in [5, 5.41) is 2.57. The molecule has 0 saturated heterocycles. The van der Waals surface area contributed by atoms with Crippen molar-refractivity contribution >= 4 is 17.8 Å². The van der Waals surface area contributed by atoms with Crippen LogP contribution in [0.2, 0.25) is 0 Å². The second-order valence-corrected chi connectivity index (χ2v) is 9.75. The standard InChI is InChI=1S/C20H38N2O6/c1-18(2,3)26-12-14(17(25)28-20(7,8)9)22-16(24)13(21)10-11-15(23)27-19(4,5)6/h13-14H,10-12,21H2,1-9H3,(H,22,24)/t13-,14-/m0/s1. The van der Waals surface area contributed by atoms with E-state index in [1.165, 1.54) is 0 Å². The van der Waals surface area contributed by atoms with Crippen LogP contribution in [0.1, 0.15) is 75.2 Å². The lowest BCUT2D eigenvalue weighted by molar-refractivity contribution is -0.162. The summed E-state index contributed by atoms with van der Waals surface area (Å²) >= 11 is 0. The third kappa shape index (κ3) is 13.5. The van der Waals surface area contributed by atoms with Crippen LogP contribution < -0.4 is 11.1 Å². The van der Waals surface area contributed by atoms with Crippen molar-refractivity contribution in [3.8, 4) is 0 Å². The van der Waals surface area contributed by atoms with Crippen LogP contribution in [0.15, 0.2) is 0 Å². The van der Waals surface area contributed by atoms with E-state index in [1.54, 1.807) is 41.5 Å². The Morgan fingerprint density at radius 1 is 0.857 bits per heavy atom. The van der Waals surface area contributed by atoms with Gasteiger partial charge in [0.2, 0.25) is 5.91 Å². The van der Waals surface area contributed by atoms with Crippen LogP contribution in [0.3, 0.4) is 0 Å². The van der Waals surface area contributed by atoms with Gasteiger partial charge in [0.15, 0.2) is 6.04 Å². The molecular weight excluding hydrogens is 364 g/mol. The lowest BCUT2D eigenvalue weighted by atomic mass is 10.1. The third-order valence-electron chi connectivity index (χ3n) is 3.11. The van der Waals surface area contributed by atoms with E-state index >= 15 is 0 Å². The van der Waals surface area contributed by atoms with Gasteiger partial charge >= 0.3 is 11.9 Å². The van der Waals surface area contributed by atoms with E-state index in [0.29, 0.717) is 0 Å². The van der Waals surface area contributed by atoms with E-state index in [9.17, 15) is 14.4 Å². The van der Waals surface area contributed by atoms with Crippen molar-refractivity contribution in [3.63, 3.8) is 0 Å². The summed E-state index contributed by atoms with van der Waals surface area (Å²) < 4.78 is 16.2. The number of esters is 2. The molecule has 0 saturated carbocycles. The lowest BCUT2D eigenvalue weighted by Crippen LogP contribution is -2.52. The Morgan fingerprint density at radius 2 is 1.36 bits per heavy atom. The smallest absolute Gasteiger partial charge is 0.331 e. The second-order valence-electron chi connectivity index (χ2n) is 9.75. The van der Waals surface area contributed by atoms with Gasteiger partial charge in [-0.15, -0.1) is 0 Å². The van der Waals surface area contributed by atoms with Gasteiger partial charge in [-0.1, -0.05) is 0 Å². The number of carbonyl (C=O) groups excluding carboxylic acids is 3. The minimum absolute atomic E-state index is 0.00144. The fourth-order valence-corrected chi connectivity index (χ4v) is 1.95. The third-order valence-corrected chi connectivity index (χ3v) is 3.11. The predicted molar refractivity (Wildman–Crippen MR) is 107 cm³/mol. The van der Waals surface area contributed by atoms with Crippen molar-refractivity contribution in [3.05, 3.63) is 0 Å². The van der Waals surface area contributed by atoms with E-state index in [-0.39, 0.29) is 19.4 Å². The summed E-state index contributed by atoms with van der Waals surface area (Å²) in [5.74, 6) is -1.60. The minimum Gasteiger partial charge on any atom is -0.460 e. The maximum absolute atomic E-state index is 12.4. The normalized spacial score (nSPS) is 14.8. The van der Waals surface area contributed by atoms with E-state index in [2.05, 4.69) is 5.32 Å². The van der Waals surface area contributed by atoms with Crippen molar-refractivity contribution in [2.75, 3.05) is 6.61 Å². The van der Waals surface area contributed by atoms with Crippen LogP contribution in [-0.2, 0) is 28.6 Å². The first-order valence-corrected chi connectivity index (χ1v) is 9.54. The van der Waals surface area contributed by atoms with Gasteiger partial charge in [-0.3, -0.25) is 9.59 Å². The molecule has 28 heavy (non-hydrogen) atoms. The Labute approximate surface area is 168 Å². The fraction of sp³-hybridized carbons (Fsp3) is 0.850. The number of hydrogen-bond acceptors (Lipinski definition) is 7. The highest BCUT2D eigenvalue weighted by Gasteiger charge is 2.30. The van der Waals surface area contributed by atoms with Gasteiger partial charge in [-0.2, -0.15) is 0 Å². The molecule has 1 amide bonds. The molecule has 0 heterocycles. The zero-order chi connectivity index (χ0) is 22.3. The molecular formula is C20H38N2O6. The summed E-state index contributed by atoms with van der Waals surface area (Å²) in [5.41, 5.74) is 4.07.